The van der Waals surface area contributed by atoms with Crippen LogP contribution in [0.3, 0.4) is 0 Å². The van der Waals surface area contributed by atoms with Crippen molar-refractivity contribution in [1.82, 2.24) is 4.90 Å². The first-order valence-electron chi connectivity index (χ1n) is 9.74. The van der Waals surface area contributed by atoms with Crippen LogP contribution in [0.25, 0.3) is 11.1 Å². The molecule has 0 bridgehead atoms. The number of amides is 2. The van der Waals surface area contributed by atoms with E-state index in [0.717, 1.165) is 23.1 Å². The van der Waals surface area contributed by atoms with Crippen LogP contribution in [-0.4, -0.2) is 29.8 Å². The average Bonchev–Trinajstić information content (AvgIpc) is 2.67. The number of nitrogens with two attached hydrogens (primary N) is 1. The number of carbonyl (C=O) groups excluding carboxylic acids is 2. The van der Waals surface area contributed by atoms with Gasteiger partial charge in [-0.2, -0.15) is 0 Å². The lowest BCUT2D eigenvalue weighted by Gasteiger charge is -2.41. The van der Waals surface area contributed by atoms with E-state index < -0.39 is 5.41 Å². The van der Waals surface area contributed by atoms with Crippen LogP contribution in [0.2, 0.25) is 0 Å². The van der Waals surface area contributed by atoms with E-state index in [0.29, 0.717) is 25.9 Å². The molecule has 4 nitrogen and oxygen atoms in total. The second-order valence-electron chi connectivity index (χ2n) is 8.05. The highest BCUT2D eigenvalue weighted by Crippen LogP contribution is 2.35. The molecule has 1 heterocycles. The topological polar surface area (TPSA) is 63.4 Å². The van der Waals surface area contributed by atoms with Gasteiger partial charge in [0, 0.05) is 19.0 Å². The van der Waals surface area contributed by atoms with Crippen LogP contribution >= 0.6 is 0 Å². The number of likely N-dealkylation sites (tertiary alicyclic amines) is 1. The van der Waals surface area contributed by atoms with Gasteiger partial charge in [0.1, 0.15) is 5.82 Å². The molecule has 5 heteroatoms. The Kier molecular flexibility index (Phi) is 5.82. The van der Waals surface area contributed by atoms with Crippen LogP contribution in [-0.2, 0) is 16.0 Å². The monoisotopic (exact) mass is 382 g/mol. The summed E-state index contributed by atoms with van der Waals surface area (Å²) in [5.41, 5.74) is 7.69. The van der Waals surface area contributed by atoms with Crippen molar-refractivity contribution in [3.8, 4) is 11.1 Å². The molecule has 0 radical (unpaired) electrons. The molecule has 0 aromatic heterocycles. The van der Waals surface area contributed by atoms with Crippen molar-refractivity contribution < 1.29 is 14.0 Å². The summed E-state index contributed by atoms with van der Waals surface area (Å²) >= 11 is 0. The molecule has 148 valence electrons. The van der Waals surface area contributed by atoms with Gasteiger partial charge in [-0.1, -0.05) is 50.2 Å². The van der Waals surface area contributed by atoms with E-state index in [4.69, 9.17) is 5.73 Å². The largest absolute Gasteiger partial charge is 0.369 e. The molecule has 1 atom stereocenters. The summed E-state index contributed by atoms with van der Waals surface area (Å²) in [5.74, 6) is -0.713. The Balaban J connectivity index is 1.88. The van der Waals surface area contributed by atoms with Gasteiger partial charge in [-0.15, -0.1) is 0 Å². The number of hydrogen-bond donors (Lipinski definition) is 1. The smallest absolute Gasteiger partial charge is 0.225 e. The van der Waals surface area contributed by atoms with Gasteiger partial charge in [0.05, 0.1) is 5.41 Å². The predicted octanol–water partition coefficient (Wildman–Crippen LogP) is 3.79. The Bertz CT molecular complexity index is 880. The molecule has 1 fully saturated rings. The van der Waals surface area contributed by atoms with Crippen LogP contribution in [0.4, 0.5) is 4.39 Å². The van der Waals surface area contributed by atoms with Gasteiger partial charge in [-0.3, -0.25) is 9.59 Å². The van der Waals surface area contributed by atoms with Crippen molar-refractivity contribution in [2.24, 2.45) is 17.1 Å². The van der Waals surface area contributed by atoms with Gasteiger partial charge < -0.3 is 10.6 Å². The summed E-state index contributed by atoms with van der Waals surface area (Å²) in [5, 5.41) is 0. The molecule has 1 aliphatic heterocycles. The summed E-state index contributed by atoms with van der Waals surface area (Å²) in [7, 11) is 0. The maximum absolute atomic E-state index is 13.6. The van der Waals surface area contributed by atoms with Crippen LogP contribution in [0.1, 0.15) is 32.3 Å². The third-order valence-electron chi connectivity index (χ3n) is 5.53. The van der Waals surface area contributed by atoms with Gasteiger partial charge >= 0.3 is 0 Å². The number of rotatable bonds is 5. The minimum absolute atomic E-state index is 0.0545. The minimum atomic E-state index is -0.774. The van der Waals surface area contributed by atoms with Crippen LogP contribution in [0, 0.1) is 17.2 Å². The minimum Gasteiger partial charge on any atom is -0.369 e. The molecule has 2 aromatic rings. The maximum atomic E-state index is 13.6. The van der Waals surface area contributed by atoms with Crippen molar-refractivity contribution in [2.75, 3.05) is 13.1 Å². The molecule has 0 aliphatic carbocycles. The first-order chi connectivity index (χ1) is 13.3. The molecule has 0 spiro atoms. The van der Waals surface area contributed by atoms with Crippen molar-refractivity contribution in [3.05, 3.63) is 59.9 Å². The Labute approximate surface area is 165 Å². The Morgan fingerprint density at radius 2 is 1.82 bits per heavy atom. The molecule has 2 aromatic carbocycles. The van der Waals surface area contributed by atoms with Crippen LogP contribution in [0.15, 0.2) is 48.5 Å². The maximum Gasteiger partial charge on any atom is 0.225 e. The highest BCUT2D eigenvalue weighted by atomic mass is 19.1. The number of primary amides is 1. The zero-order valence-electron chi connectivity index (χ0n) is 16.5. The molecule has 1 unspecified atom stereocenters. The van der Waals surface area contributed by atoms with E-state index >= 15 is 0 Å². The lowest BCUT2D eigenvalue weighted by molar-refractivity contribution is -0.142. The normalized spacial score (nSPS) is 19.6. The number of halogens is 1. The Hall–Kier alpha value is -2.69. The second-order valence-corrected chi connectivity index (χ2v) is 8.05. The third-order valence-corrected chi connectivity index (χ3v) is 5.53. The average molecular weight is 382 g/mol. The lowest BCUT2D eigenvalue weighted by Crippen LogP contribution is -2.54. The fraction of sp³-hybridized carbons (Fsp3) is 0.391. The van der Waals surface area contributed by atoms with E-state index in [9.17, 15) is 14.0 Å². The number of carbonyl (C=O) groups is 2. The standard InChI is InChI=1S/C23H27FN2O2/c1-16(2)21(27)26-11-5-10-23(15-26,22(25)28)14-17-6-3-7-18(12-17)19-8-4-9-20(24)13-19/h3-4,6-9,12-13,16H,5,10-11,14-15H2,1-2H3,(H2,25,28). The highest BCUT2D eigenvalue weighted by Gasteiger charge is 2.42. The summed E-state index contributed by atoms with van der Waals surface area (Å²) in [4.78, 5) is 26.7. The zero-order valence-corrected chi connectivity index (χ0v) is 16.5. The SMILES string of the molecule is CC(C)C(=O)N1CCCC(Cc2cccc(-c3cccc(F)c3)c2)(C(N)=O)C1. The number of nitrogens with zero attached hydrogens (tertiary/aromatic N) is 1. The quantitative estimate of drug-likeness (QED) is 0.855. The molecule has 1 saturated heterocycles. The summed E-state index contributed by atoms with van der Waals surface area (Å²) in [6.45, 7) is 4.75. The van der Waals surface area contributed by atoms with Crippen molar-refractivity contribution in [2.45, 2.75) is 33.1 Å². The predicted molar refractivity (Wildman–Crippen MR) is 108 cm³/mol. The molecule has 2 N–H and O–H groups in total. The van der Waals surface area contributed by atoms with E-state index in [-0.39, 0.29) is 23.5 Å². The van der Waals surface area contributed by atoms with Crippen molar-refractivity contribution >= 4 is 11.8 Å². The van der Waals surface area contributed by atoms with Crippen molar-refractivity contribution in [1.29, 1.82) is 0 Å². The molecule has 2 amide bonds. The number of hydrogen-bond acceptors (Lipinski definition) is 2. The zero-order chi connectivity index (χ0) is 20.3. The summed E-state index contributed by atoms with van der Waals surface area (Å²) < 4.78 is 13.6. The summed E-state index contributed by atoms with van der Waals surface area (Å²) in [6.07, 6.45) is 1.88. The van der Waals surface area contributed by atoms with Gasteiger partial charge in [0.25, 0.3) is 0 Å². The van der Waals surface area contributed by atoms with Gasteiger partial charge in [0.2, 0.25) is 11.8 Å². The van der Waals surface area contributed by atoms with E-state index in [2.05, 4.69) is 0 Å². The fourth-order valence-corrected chi connectivity index (χ4v) is 4.04. The lowest BCUT2D eigenvalue weighted by atomic mass is 9.74. The van der Waals surface area contributed by atoms with Gasteiger partial charge in [0.15, 0.2) is 0 Å². The molecule has 1 aliphatic rings. The van der Waals surface area contributed by atoms with Crippen LogP contribution < -0.4 is 5.73 Å². The molecule has 28 heavy (non-hydrogen) atoms. The first kappa shape index (κ1) is 20.1. The molecule has 3 rings (SSSR count). The molecule has 0 saturated carbocycles. The Morgan fingerprint density at radius 1 is 1.14 bits per heavy atom. The second kappa shape index (κ2) is 8.13. The molecular weight excluding hydrogens is 355 g/mol. The van der Waals surface area contributed by atoms with E-state index in [1.54, 1.807) is 11.0 Å². The highest BCUT2D eigenvalue weighted by molar-refractivity contribution is 5.84. The van der Waals surface area contributed by atoms with Gasteiger partial charge in [-0.05, 0) is 48.1 Å². The third kappa shape index (κ3) is 4.24. The fourth-order valence-electron chi connectivity index (χ4n) is 4.04. The number of benzene rings is 2. The molecular formula is C23H27FN2O2. The van der Waals surface area contributed by atoms with Gasteiger partial charge in [-0.25, -0.2) is 4.39 Å². The first-order valence-corrected chi connectivity index (χ1v) is 9.74. The summed E-state index contributed by atoms with van der Waals surface area (Å²) in [6, 6.07) is 14.2. The Morgan fingerprint density at radius 3 is 2.46 bits per heavy atom. The van der Waals surface area contributed by atoms with Crippen LogP contribution in [0.5, 0.6) is 0 Å². The van der Waals surface area contributed by atoms with Crippen molar-refractivity contribution in [3.63, 3.8) is 0 Å². The van der Waals surface area contributed by atoms with E-state index in [1.807, 2.05) is 44.2 Å². The number of piperidine rings is 1. The van der Waals surface area contributed by atoms with E-state index in [1.165, 1.54) is 12.1 Å².